The second-order valence-corrected chi connectivity index (χ2v) is 4.28. The molecule has 1 aromatic rings. The summed E-state index contributed by atoms with van der Waals surface area (Å²) < 4.78 is 0. The number of rotatable bonds is 3. The third-order valence-electron chi connectivity index (χ3n) is 3.02. The first-order chi connectivity index (χ1) is 7.86. The summed E-state index contributed by atoms with van der Waals surface area (Å²) in [6.45, 7) is 0. The molecule has 1 N–H and O–H groups in total. The molecule has 1 aliphatic rings. The van der Waals surface area contributed by atoms with Crippen molar-refractivity contribution in [2.75, 3.05) is 0 Å². The third kappa shape index (κ3) is 3.07. The molecule has 2 atom stereocenters. The lowest BCUT2D eigenvalue weighted by molar-refractivity contribution is 0.168. The summed E-state index contributed by atoms with van der Waals surface area (Å²) in [6.07, 6.45) is 11.3. The molecule has 0 saturated carbocycles. The molecule has 0 fully saturated rings. The van der Waals surface area contributed by atoms with Gasteiger partial charge in [-0.2, -0.15) is 0 Å². The maximum absolute atomic E-state index is 10.00. The molecule has 0 aromatic heterocycles. The standard InChI is InChI=1S/C15H18O/c16-15(14-9-5-2-6-10-14)12-11-13-7-3-1-4-8-13/h1,3-5,7-9,11-12,14-16H,2,6,10H2/b12-11+/t14-,15+/m1/s1. The molecule has 0 radical (unpaired) electrons. The molecule has 0 spiro atoms. The van der Waals surface area contributed by atoms with Gasteiger partial charge in [-0.15, -0.1) is 0 Å². The second-order valence-electron chi connectivity index (χ2n) is 4.28. The summed E-state index contributed by atoms with van der Waals surface area (Å²) in [4.78, 5) is 0. The van der Waals surface area contributed by atoms with Crippen molar-refractivity contribution in [1.82, 2.24) is 0 Å². The summed E-state index contributed by atoms with van der Waals surface area (Å²) in [6, 6.07) is 10.1. The van der Waals surface area contributed by atoms with Crippen LogP contribution in [0.1, 0.15) is 24.8 Å². The van der Waals surface area contributed by atoms with Crippen LogP contribution in [0.4, 0.5) is 0 Å². The Morgan fingerprint density at radius 2 is 2.06 bits per heavy atom. The predicted molar refractivity (Wildman–Crippen MR) is 68.0 cm³/mol. The molecule has 0 unspecified atom stereocenters. The van der Waals surface area contributed by atoms with Crippen molar-refractivity contribution in [2.24, 2.45) is 5.92 Å². The molecule has 84 valence electrons. The monoisotopic (exact) mass is 214 g/mol. The highest BCUT2D eigenvalue weighted by atomic mass is 16.3. The van der Waals surface area contributed by atoms with Gasteiger partial charge in [0.25, 0.3) is 0 Å². The summed E-state index contributed by atoms with van der Waals surface area (Å²) in [5, 5.41) is 10.00. The average molecular weight is 214 g/mol. The van der Waals surface area contributed by atoms with Gasteiger partial charge >= 0.3 is 0 Å². The van der Waals surface area contributed by atoms with Gasteiger partial charge in [-0.1, -0.05) is 54.6 Å². The van der Waals surface area contributed by atoms with E-state index in [0.29, 0.717) is 5.92 Å². The Morgan fingerprint density at radius 3 is 2.75 bits per heavy atom. The Labute approximate surface area is 97.1 Å². The van der Waals surface area contributed by atoms with Crippen molar-refractivity contribution in [1.29, 1.82) is 0 Å². The van der Waals surface area contributed by atoms with Gasteiger partial charge in [0.1, 0.15) is 0 Å². The van der Waals surface area contributed by atoms with E-state index in [0.717, 1.165) is 18.4 Å². The van der Waals surface area contributed by atoms with Crippen LogP contribution in [-0.2, 0) is 0 Å². The smallest absolute Gasteiger partial charge is 0.0786 e. The molecule has 0 saturated heterocycles. The number of hydrogen-bond acceptors (Lipinski definition) is 1. The summed E-state index contributed by atoms with van der Waals surface area (Å²) >= 11 is 0. The van der Waals surface area contributed by atoms with Gasteiger partial charge in [0.2, 0.25) is 0 Å². The SMILES string of the molecule is O[C@@H](/C=C/c1ccccc1)[C@@H]1C=CCCC1. The van der Waals surface area contributed by atoms with Crippen LogP contribution in [0, 0.1) is 5.92 Å². The number of hydrogen-bond donors (Lipinski definition) is 1. The van der Waals surface area contributed by atoms with Gasteiger partial charge in [-0.3, -0.25) is 0 Å². The lowest BCUT2D eigenvalue weighted by Gasteiger charge is -2.19. The van der Waals surface area contributed by atoms with Gasteiger partial charge in [0.05, 0.1) is 6.10 Å². The zero-order chi connectivity index (χ0) is 11.2. The van der Waals surface area contributed by atoms with Crippen LogP contribution in [0.25, 0.3) is 6.08 Å². The van der Waals surface area contributed by atoms with Gasteiger partial charge in [-0.25, -0.2) is 0 Å². The van der Waals surface area contributed by atoms with Gasteiger partial charge in [-0.05, 0) is 24.8 Å². The van der Waals surface area contributed by atoms with E-state index >= 15 is 0 Å². The first-order valence-electron chi connectivity index (χ1n) is 5.94. The van der Waals surface area contributed by atoms with Crippen LogP contribution in [0.2, 0.25) is 0 Å². The average Bonchev–Trinajstić information content (AvgIpc) is 2.38. The van der Waals surface area contributed by atoms with E-state index in [2.05, 4.69) is 12.2 Å². The number of aliphatic hydroxyl groups is 1. The minimum atomic E-state index is -0.350. The molecule has 0 heterocycles. The van der Waals surface area contributed by atoms with Crippen molar-refractivity contribution in [2.45, 2.75) is 25.4 Å². The van der Waals surface area contributed by atoms with Crippen molar-refractivity contribution in [3.05, 3.63) is 54.1 Å². The third-order valence-corrected chi connectivity index (χ3v) is 3.02. The fourth-order valence-electron chi connectivity index (χ4n) is 2.04. The lowest BCUT2D eigenvalue weighted by Crippen LogP contribution is -2.17. The Kier molecular flexibility index (Phi) is 3.95. The Balaban J connectivity index is 1.96. The Hall–Kier alpha value is -1.34. The molecule has 1 nitrogen and oxygen atoms in total. The fourth-order valence-corrected chi connectivity index (χ4v) is 2.04. The highest BCUT2D eigenvalue weighted by molar-refractivity contribution is 5.49. The highest BCUT2D eigenvalue weighted by Gasteiger charge is 2.15. The van der Waals surface area contributed by atoms with E-state index in [1.807, 2.05) is 42.5 Å². The maximum atomic E-state index is 10.00. The van der Waals surface area contributed by atoms with Crippen LogP contribution in [0.15, 0.2) is 48.6 Å². The van der Waals surface area contributed by atoms with Crippen molar-refractivity contribution >= 4 is 6.08 Å². The number of benzene rings is 1. The first kappa shape index (κ1) is 11.2. The molecule has 1 heteroatoms. The van der Waals surface area contributed by atoms with E-state index < -0.39 is 0 Å². The van der Waals surface area contributed by atoms with Crippen LogP contribution in [0.3, 0.4) is 0 Å². The van der Waals surface area contributed by atoms with Crippen LogP contribution >= 0.6 is 0 Å². The van der Waals surface area contributed by atoms with E-state index in [1.165, 1.54) is 6.42 Å². The minimum Gasteiger partial charge on any atom is -0.388 e. The largest absolute Gasteiger partial charge is 0.388 e. The Bertz CT molecular complexity index is 364. The fraction of sp³-hybridized carbons (Fsp3) is 0.333. The molecule has 0 amide bonds. The molecule has 1 aromatic carbocycles. The van der Waals surface area contributed by atoms with Crippen LogP contribution in [0.5, 0.6) is 0 Å². The molecule has 1 aliphatic carbocycles. The van der Waals surface area contributed by atoms with Gasteiger partial charge < -0.3 is 5.11 Å². The molecule has 2 rings (SSSR count). The van der Waals surface area contributed by atoms with Crippen LogP contribution < -0.4 is 0 Å². The van der Waals surface area contributed by atoms with E-state index in [4.69, 9.17) is 0 Å². The zero-order valence-electron chi connectivity index (χ0n) is 9.42. The molecular formula is C15H18O. The first-order valence-corrected chi connectivity index (χ1v) is 5.94. The zero-order valence-corrected chi connectivity index (χ0v) is 9.42. The van der Waals surface area contributed by atoms with Crippen molar-refractivity contribution in [3.8, 4) is 0 Å². The quantitative estimate of drug-likeness (QED) is 0.764. The van der Waals surface area contributed by atoms with E-state index in [1.54, 1.807) is 0 Å². The summed E-state index contributed by atoms with van der Waals surface area (Å²) in [5.74, 6) is 0.300. The number of aliphatic hydroxyl groups excluding tert-OH is 1. The maximum Gasteiger partial charge on any atom is 0.0786 e. The topological polar surface area (TPSA) is 20.2 Å². The van der Waals surface area contributed by atoms with E-state index in [-0.39, 0.29) is 6.10 Å². The van der Waals surface area contributed by atoms with Crippen molar-refractivity contribution in [3.63, 3.8) is 0 Å². The Morgan fingerprint density at radius 1 is 1.25 bits per heavy atom. The number of allylic oxidation sites excluding steroid dienone is 1. The van der Waals surface area contributed by atoms with Gasteiger partial charge in [0.15, 0.2) is 0 Å². The summed E-state index contributed by atoms with van der Waals surface area (Å²) in [5.41, 5.74) is 1.14. The van der Waals surface area contributed by atoms with Crippen LogP contribution in [-0.4, -0.2) is 11.2 Å². The minimum absolute atomic E-state index is 0.300. The molecule has 16 heavy (non-hydrogen) atoms. The van der Waals surface area contributed by atoms with Gasteiger partial charge in [0, 0.05) is 5.92 Å². The predicted octanol–water partition coefficient (Wildman–Crippen LogP) is 3.42. The summed E-state index contributed by atoms with van der Waals surface area (Å²) in [7, 11) is 0. The normalized spacial score (nSPS) is 22.4. The molecular weight excluding hydrogens is 196 g/mol. The lowest BCUT2D eigenvalue weighted by atomic mass is 9.90. The molecule has 0 aliphatic heterocycles. The molecule has 0 bridgehead atoms. The highest BCUT2D eigenvalue weighted by Crippen LogP contribution is 2.21. The van der Waals surface area contributed by atoms with E-state index in [9.17, 15) is 5.11 Å². The van der Waals surface area contributed by atoms with Crippen molar-refractivity contribution < 1.29 is 5.11 Å². The second kappa shape index (κ2) is 5.66.